The standard InChI is InChI=1S/C10H14O2/c1-8-4-5-10(9(2)6-8)12-7-11-3/h4-6H,7H2,1-3H3. The van der Waals surface area contributed by atoms with Gasteiger partial charge in [0, 0.05) is 7.11 Å². The molecule has 0 heterocycles. The van der Waals surface area contributed by atoms with Gasteiger partial charge < -0.3 is 9.47 Å². The summed E-state index contributed by atoms with van der Waals surface area (Å²) in [7, 11) is 1.61. The lowest BCUT2D eigenvalue weighted by atomic mass is 10.1. The Morgan fingerprint density at radius 1 is 1.25 bits per heavy atom. The minimum Gasteiger partial charge on any atom is -0.467 e. The molecule has 0 aromatic heterocycles. The molecule has 66 valence electrons. The van der Waals surface area contributed by atoms with Gasteiger partial charge in [0.25, 0.3) is 0 Å². The van der Waals surface area contributed by atoms with Gasteiger partial charge in [-0.1, -0.05) is 17.7 Å². The summed E-state index contributed by atoms with van der Waals surface area (Å²) in [6, 6.07) is 6.08. The molecule has 1 aromatic rings. The second-order valence-corrected chi connectivity index (χ2v) is 2.82. The van der Waals surface area contributed by atoms with Crippen LogP contribution in [-0.4, -0.2) is 13.9 Å². The Bertz CT molecular complexity index is 256. The van der Waals surface area contributed by atoms with E-state index in [4.69, 9.17) is 9.47 Å². The van der Waals surface area contributed by atoms with Crippen LogP contribution in [0, 0.1) is 13.8 Å². The summed E-state index contributed by atoms with van der Waals surface area (Å²) in [5.74, 6) is 0.891. The van der Waals surface area contributed by atoms with E-state index < -0.39 is 0 Å². The van der Waals surface area contributed by atoms with Crippen molar-refractivity contribution < 1.29 is 9.47 Å². The van der Waals surface area contributed by atoms with Crippen molar-refractivity contribution in [2.45, 2.75) is 13.8 Å². The molecule has 0 bridgehead atoms. The summed E-state index contributed by atoms with van der Waals surface area (Å²) in [6.45, 7) is 4.40. The molecule has 0 saturated heterocycles. The van der Waals surface area contributed by atoms with Crippen LogP contribution in [0.2, 0.25) is 0 Å². The Balaban J connectivity index is 2.72. The first-order chi connectivity index (χ1) is 5.74. The van der Waals surface area contributed by atoms with Crippen molar-refractivity contribution in [2.24, 2.45) is 0 Å². The summed E-state index contributed by atoms with van der Waals surface area (Å²) < 4.78 is 10.1. The topological polar surface area (TPSA) is 18.5 Å². The monoisotopic (exact) mass is 166 g/mol. The quantitative estimate of drug-likeness (QED) is 0.641. The van der Waals surface area contributed by atoms with E-state index in [0.717, 1.165) is 11.3 Å². The normalized spacial score (nSPS) is 9.92. The summed E-state index contributed by atoms with van der Waals surface area (Å²) in [4.78, 5) is 0. The molecule has 2 heteroatoms. The Hall–Kier alpha value is -1.02. The van der Waals surface area contributed by atoms with Gasteiger partial charge in [-0.2, -0.15) is 0 Å². The number of benzene rings is 1. The molecule has 1 aromatic carbocycles. The average molecular weight is 166 g/mol. The second-order valence-electron chi connectivity index (χ2n) is 2.82. The Kier molecular flexibility index (Phi) is 3.11. The molecule has 0 saturated carbocycles. The number of aryl methyl sites for hydroxylation is 2. The maximum absolute atomic E-state index is 5.32. The van der Waals surface area contributed by atoms with Crippen molar-refractivity contribution >= 4 is 0 Å². The number of rotatable bonds is 3. The SMILES string of the molecule is COCOc1ccc(C)cc1C. The van der Waals surface area contributed by atoms with Crippen molar-refractivity contribution in [3.8, 4) is 5.75 Å². The molecule has 0 N–H and O–H groups in total. The zero-order valence-corrected chi connectivity index (χ0v) is 7.76. The smallest absolute Gasteiger partial charge is 0.188 e. The van der Waals surface area contributed by atoms with Crippen LogP contribution in [0.1, 0.15) is 11.1 Å². The van der Waals surface area contributed by atoms with Gasteiger partial charge in [0.1, 0.15) is 5.75 Å². The van der Waals surface area contributed by atoms with E-state index in [1.54, 1.807) is 7.11 Å². The number of ether oxygens (including phenoxy) is 2. The fourth-order valence-corrected chi connectivity index (χ4v) is 1.08. The van der Waals surface area contributed by atoms with Crippen molar-refractivity contribution in [2.75, 3.05) is 13.9 Å². The van der Waals surface area contributed by atoms with E-state index in [1.165, 1.54) is 5.56 Å². The van der Waals surface area contributed by atoms with Gasteiger partial charge in [-0.15, -0.1) is 0 Å². The zero-order chi connectivity index (χ0) is 8.97. The molecular weight excluding hydrogens is 152 g/mol. The summed E-state index contributed by atoms with van der Waals surface area (Å²) in [5.41, 5.74) is 2.39. The fraction of sp³-hybridized carbons (Fsp3) is 0.400. The van der Waals surface area contributed by atoms with Gasteiger partial charge in [-0.25, -0.2) is 0 Å². The zero-order valence-electron chi connectivity index (χ0n) is 7.76. The van der Waals surface area contributed by atoms with Crippen LogP contribution in [0.3, 0.4) is 0 Å². The number of methoxy groups -OCH3 is 1. The van der Waals surface area contributed by atoms with Gasteiger partial charge in [-0.3, -0.25) is 0 Å². The van der Waals surface area contributed by atoms with Crippen LogP contribution < -0.4 is 4.74 Å². The Morgan fingerprint density at radius 2 is 2.00 bits per heavy atom. The maximum Gasteiger partial charge on any atom is 0.188 e. The highest BCUT2D eigenvalue weighted by atomic mass is 16.7. The van der Waals surface area contributed by atoms with Gasteiger partial charge in [-0.05, 0) is 25.5 Å². The molecule has 0 aliphatic carbocycles. The lowest BCUT2D eigenvalue weighted by molar-refractivity contribution is 0.0506. The molecule has 0 unspecified atom stereocenters. The van der Waals surface area contributed by atoms with Crippen molar-refractivity contribution in [3.05, 3.63) is 29.3 Å². The molecule has 12 heavy (non-hydrogen) atoms. The highest BCUT2D eigenvalue weighted by molar-refractivity contribution is 5.35. The molecule has 0 atom stereocenters. The highest BCUT2D eigenvalue weighted by Gasteiger charge is 1.97. The molecule has 0 spiro atoms. The predicted octanol–water partition coefficient (Wildman–Crippen LogP) is 2.29. The van der Waals surface area contributed by atoms with Crippen LogP contribution in [0.5, 0.6) is 5.75 Å². The van der Waals surface area contributed by atoms with E-state index in [-0.39, 0.29) is 0 Å². The first-order valence-electron chi connectivity index (χ1n) is 3.93. The molecule has 0 aliphatic rings. The van der Waals surface area contributed by atoms with Crippen molar-refractivity contribution in [1.29, 1.82) is 0 Å². The third kappa shape index (κ3) is 2.24. The van der Waals surface area contributed by atoms with Gasteiger partial charge >= 0.3 is 0 Å². The third-order valence-corrected chi connectivity index (χ3v) is 1.66. The minimum atomic E-state index is 0.309. The Morgan fingerprint density at radius 3 is 2.58 bits per heavy atom. The van der Waals surface area contributed by atoms with Crippen LogP contribution in [0.15, 0.2) is 18.2 Å². The van der Waals surface area contributed by atoms with Crippen LogP contribution in [0.4, 0.5) is 0 Å². The summed E-state index contributed by atoms with van der Waals surface area (Å²) in [5, 5.41) is 0. The van der Waals surface area contributed by atoms with E-state index in [1.807, 2.05) is 19.1 Å². The molecule has 2 nitrogen and oxygen atoms in total. The molecule has 1 rings (SSSR count). The van der Waals surface area contributed by atoms with Crippen molar-refractivity contribution in [3.63, 3.8) is 0 Å². The minimum absolute atomic E-state index is 0.309. The van der Waals surface area contributed by atoms with E-state index >= 15 is 0 Å². The number of hydrogen-bond acceptors (Lipinski definition) is 2. The summed E-state index contributed by atoms with van der Waals surface area (Å²) in [6.07, 6.45) is 0. The number of hydrogen-bond donors (Lipinski definition) is 0. The first kappa shape index (κ1) is 9.07. The second kappa shape index (κ2) is 4.12. The third-order valence-electron chi connectivity index (χ3n) is 1.66. The molecule has 0 radical (unpaired) electrons. The van der Waals surface area contributed by atoms with E-state index in [9.17, 15) is 0 Å². The van der Waals surface area contributed by atoms with Crippen LogP contribution in [-0.2, 0) is 4.74 Å². The van der Waals surface area contributed by atoms with E-state index in [0.29, 0.717) is 6.79 Å². The maximum atomic E-state index is 5.32. The van der Waals surface area contributed by atoms with Crippen molar-refractivity contribution in [1.82, 2.24) is 0 Å². The van der Waals surface area contributed by atoms with E-state index in [2.05, 4.69) is 13.0 Å². The lowest BCUT2D eigenvalue weighted by Crippen LogP contribution is -2.00. The summed E-state index contributed by atoms with van der Waals surface area (Å²) >= 11 is 0. The Labute approximate surface area is 73.1 Å². The molecular formula is C10H14O2. The molecule has 0 fully saturated rings. The van der Waals surface area contributed by atoms with Gasteiger partial charge in [0.2, 0.25) is 0 Å². The largest absolute Gasteiger partial charge is 0.467 e. The van der Waals surface area contributed by atoms with Gasteiger partial charge in [0.15, 0.2) is 6.79 Å². The predicted molar refractivity (Wildman–Crippen MR) is 48.4 cm³/mol. The van der Waals surface area contributed by atoms with Crippen LogP contribution >= 0.6 is 0 Å². The highest BCUT2D eigenvalue weighted by Crippen LogP contribution is 2.18. The molecule has 0 amide bonds. The van der Waals surface area contributed by atoms with Crippen LogP contribution in [0.25, 0.3) is 0 Å². The lowest BCUT2D eigenvalue weighted by Gasteiger charge is -2.07. The average Bonchev–Trinajstić information content (AvgIpc) is 2.03. The fourth-order valence-electron chi connectivity index (χ4n) is 1.08. The van der Waals surface area contributed by atoms with Gasteiger partial charge in [0.05, 0.1) is 0 Å². The molecule has 0 aliphatic heterocycles. The first-order valence-corrected chi connectivity index (χ1v) is 3.93.